The van der Waals surface area contributed by atoms with Crippen LogP contribution in [0.25, 0.3) is 0 Å². The van der Waals surface area contributed by atoms with Crippen LogP contribution in [-0.2, 0) is 11.5 Å². The number of nitriles is 2. The summed E-state index contributed by atoms with van der Waals surface area (Å²) < 4.78 is 0. The Hall–Kier alpha value is -1.96. The Labute approximate surface area is 162 Å². The monoisotopic (exact) mass is 384 g/mol. The average Bonchev–Trinajstić information content (AvgIpc) is 2.68. The van der Waals surface area contributed by atoms with Gasteiger partial charge < -0.3 is 10.2 Å². The lowest BCUT2D eigenvalue weighted by Crippen LogP contribution is -2.30. The summed E-state index contributed by atoms with van der Waals surface area (Å²) in [6.45, 7) is 0. The summed E-state index contributed by atoms with van der Waals surface area (Å²) in [5, 5.41) is 37.7. The van der Waals surface area contributed by atoms with Gasteiger partial charge in [-0.2, -0.15) is 34.0 Å². The lowest BCUT2D eigenvalue weighted by Gasteiger charge is -2.17. The molecule has 2 rings (SSSR count). The van der Waals surface area contributed by atoms with E-state index in [1.165, 1.54) is 0 Å². The van der Waals surface area contributed by atoms with Crippen molar-refractivity contribution >= 4 is 23.5 Å². The van der Waals surface area contributed by atoms with Crippen LogP contribution in [0.5, 0.6) is 0 Å². The molecular weight excluding hydrogens is 364 g/mol. The predicted octanol–water partition coefficient (Wildman–Crippen LogP) is 3.32. The molecule has 0 heterocycles. The zero-order valence-corrected chi connectivity index (χ0v) is 15.8. The maximum atomic E-state index is 10.1. The van der Waals surface area contributed by atoms with E-state index < -0.39 is 12.2 Å². The van der Waals surface area contributed by atoms with Gasteiger partial charge in [-0.3, -0.25) is 0 Å². The second-order valence-corrected chi connectivity index (χ2v) is 7.84. The van der Waals surface area contributed by atoms with Crippen molar-refractivity contribution in [1.82, 2.24) is 0 Å². The molecule has 0 saturated carbocycles. The van der Waals surface area contributed by atoms with Gasteiger partial charge in [-0.25, -0.2) is 0 Å². The summed E-state index contributed by atoms with van der Waals surface area (Å²) in [7, 11) is 0. The third-order valence-electron chi connectivity index (χ3n) is 3.72. The maximum Gasteiger partial charge on any atom is 0.0991 e. The molecule has 2 N–H and O–H groups in total. The Morgan fingerprint density at radius 1 is 0.692 bits per heavy atom. The first-order valence-electron chi connectivity index (χ1n) is 8.12. The molecule has 26 heavy (non-hydrogen) atoms. The fraction of sp³-hybridized carbons (Fsp3) is 0.300. The van der Waals surface area contributed by atoms with E-state index >= 15 is 0 Å². The Balaban J connectivity index is 1.65. The maximum absolute atomic E-state index is 10.1. The summed E-state index contributed by atoms with van der Waals surface area (Å²) in [6.07, 6.45) is -1.54. The minimum absolute atomic E-state index is 0.457. The molecule has 6 heteroatoms. The summed E-state index contributed by atoms with van der Waals surface area (Å²) >= 11 is 3.11. The number of aliphatic hydroxyl groups excluding tert-OH is 2. The first-order chi connectivity index (χ1) is 12.6. The lowest BCUT2D eigenvalue weighted by atomic mass is 10.2. The highest BCUT2D eigenvalue weighted by atomic mass is 32.2. The van der Waals surface area contributed by atoms with Crippen molar-refractivity contribution in [2.75, 3.05) is 11.5 Å². The standard InChI is InChI=1S/C20H20N2O2S2/c21-9-15-1-5-17(6-2-15)11-25-13-19(23)20(24)14-26-12-18-7-3-16(10-22)4-8-18/h1-8,19-20,23-24H,11-14H2/t19-,20-/m1/s1. The molecule has 0 spiro atoms. The molecule has 0 fully saturated rings. The SMILES string of the molecule is N#Cc1ccc(CSC[C@@H](O)[C@H](O)CSCc2ccc(C#N)cc2)cc1. The van der Waals surface area contributed by atoms with Gasteiger partial charge >= 0.3 is 0 Å². The van der Waals surface area contributed by atoms with Crippen molar-refractivity contribution in [3.05, 3.63) is 70.8 Å². The van der Waals surface area contributed by atoms with E-state index in [4.69, 9.17) is 10.5 Å². The van der Waals surface area contributed by atoms with Crippen LogP contribution in [0.3, 0.4) is 0 Å². The zero-order chi connectivity index (χ0) is 18.8. The van der Waals surface area contributed by atoms with Gasteiger partial charge in [0.2, 0.25) is 0 Å². The molecule has 0 aliphatic rings. The number of hydrogen-bond acceptors (Lipinski definition) is 6. The minimum Gasteiger partial charge on any atom is -0.390 e. The highest BCUT2D eigenvalue weighted by Crippen LogP contribution is 2.18. The van der Waals surface area contributed by atoms with Gasteiger partial charge in [-0.05, 0) is 35.4 Å². The summed E-state index contributed by atoms with van der Waals surface area (Å²) in [5.41, 5.74) is 3.44. The smallest absolute Gasteiger partial charge is 0.0991 e. The summed E-state index contributed by atoms with van der Waals surface area (Å²) in [4.78, 5) is 0. The van der Waals surface area contributed by atoms with E-state index in [1.54, 1.807) is 47.8 Å². The van der Waals surface area contributed by atoms with E-state index in [0.29, 0.717) is 22.6 Å². The van der Waals surface area contributed by atoms with Crippen LogP contribution in [-0.4, -0.2) is 33.9 Å². The fourth-order valence-electron chi connectivity index (χ4n) is 2.17. The number of rotatable bonds is 9. The first kappa shape index (κ1) is 20.4. The van der Waals surface area contributed by atoms with E-state index in [-0.39, 0.29) is 0 Å². The molecule has 0 saturated heterocycles. The molecule has 2 aromatic rings. The summed E-state index contributed by atoms with van der Waals surface area (Å²) in [6, 6.07) is 18.9. The number of aliphatic hydroxyl groups is 2. The Morgan fingerprint density at radius 3 is 1.35 bits per heavy atom. The van der Waals surface area contributed by atoms with Crippen LogP contribution in [0.2, 0.25) is 0 Å². The topological polar surface area (TPSA) is 88.0 Å². The molecule has 0 amide bonds. The number of thioether (sulfide) groups is 2. The van der Waals surface area contributed by atoms with E-state index in [0.717, 1.165) is 22.6 Å². The van der Waals surface area contributed by atoms with Crippen molar-refractivity contribution in [3.63, 3.8) is 0 Å². The molecule has 0 aliphatic heterocycles. The van der Waals surface area contributed by atoms with E-state index in [9.17, 15) is 10.2 Å². The van der Waals surface area contributed by atoms with Gasteiger partial charge in [0.1, 0.15) is 0 Å². The van der Waals surface area contributed by atoms with Gasteiger partial charge in [0.25, 0.3) is 0 Å². The minimum atomic E-state index is -0.771. The normalized spacial score (nSPS) is 12.8. The van der Waals surface area contributed by atoms with Crippen LogP contribution in [0.1, 0.15) is 22.3 Å². The molecule has 2 atom stereocenters. The molecule has 0 radical (unpaired) electrons. The lowest BCUT2D eigenvalue weighted by molar-refractivity contribution is 0.0500. The predicted molar refractivity (Wildman–Crippen MR) is 107 cm³/mol. The van der Waals surface area contributed by atoms with Crippen molar-refractivity contribution in [3.8, 4) is 12.1 Å². The largest absolute Gasteiger partial charge is 0.390 e. The van der Waals surface area contributed by atoms with Crippen molar-refractivity contribution in [2.24, 2.45) is 0 Å². The number of hydrogen-bond donors (Lipinski definition) is 2. The Bertz CT molecular complexity index is 697. The third kappa shape index (κ3) is 6.74. The average molecular weight is 385 g/mol. The number of nitrogens with zero attached hydrogens (tertiary/aromatic N) is 2. The molecule has 0 bridgehead atoms. The van der Waals surface area contributed by atoms with Crippen LogP contribution in [0.15, 0.2) is 48.5 Å². The van der Waals surface area contributed by atoms with Gasteiger partial charge in [-0.15, -0.1) is 0 Å². The molecule has 0 aromatic heterocycles. The van der Waals surface area contributed by atoms with Gasteiger partial charge in [0, 0.05) is 23.0 Å². The molecule has 2 aromatic carbocycles. The van der Waals surface area contributed by atoms with Crippen LogP contribution in [0.4, 0.5) is 0 Å². The van der Waals surface area contributed by atoms with Crippen LogP contribution >= 0.6 is 23.5 Å². The van der Waals surface area contributed by atoms with Gasteiger partial charge in [-0.1, -0.05) is 24.3 Å². The highest BCUT2D eigenvalue weighted by Gasteiger charge is 2.16. The zero-order valence-electron chi connectivity index (χ0n) is 14.2. The van der Waals surface area contributed by atoms with Crippen molar-refractivity contribution in [2.45, 2.75) is 23.7 Å². The van der Waals surface area contributed by atoms with Gasteiger partial charge in [0.15, 0.2) is 0 Å². The second-order valence-electron chi connectivity index (χ2n) is 5.78. The molecule has 4 nitrogen and oxygen atoms in total. The van der Waals surface area contributed by atoms with E-state index in [1.807, 2.05) is 24.3 Å². The summed E-state index contributed by atoms with van der Waals surface area (Å²) in [5.74, 6) is 2.37. The van der Waals surface area contributed by atoms with E-state index in [2.05, 4.69) is 12.1 Å². The second kappa shape index (κ2) is 10.9. The van der Waals surface area contributed by atoms with Crippen LogP contribution in [0, 0.1) is 22.7 Å². The Kier molecular flexibility index (Phi) is 8.53. The van der Waals surface area contributed by atoms with Crippen molar-refractivity contribution in [1.29, 1.82) is 10.5 Å². The molecule has 0 aliphatic carbocycles. The first-order valence-corrected chi connectivity index (χ1v) is 10.4. The molecule has 0 unspecified atom stereocenters. The highest BCUT2D eigenvalue weighted by molar-refractivity contribution is 7.98. The third-order valence-corrected chi connectivity index (χ3v) is 5.95. The van der Waals surface area contributed by atoms with Crippen molar-refractivity contribution < 1.29 is 10.2 Å². The number of benzene rings is 2. The molecular formula is C20H20N2O2S2. The Morgan fingerprint density at radius 2 is 1.04 bits per heavy atom. The quantitative estimate of drug-likeness (QED) is 0.689. The molecule has 134 valence electrons. The van der Waals surface area contributed by atoms with Gasteiger partial charge in [0.05, 0.1) is 35.5 Å². The fourth-order valence-corrected chi connectivity index (χ4v) is 4.19. The van der Waals surface area contributed by atoms with Crippen LogP contribution < -0.4 is 0 Å².